The molecule has 0 radical (unpaired) electrons. The lowest BCUT2D eigenvalue weighted by Crippen LogP contribution is -1.98. The summed E-state index contributed by atoms with van der Waals surface area (Å²) in [5.74, 6) is 0. The van der Waals surface area contributed by atoms with Crippen molar-refractivity contribution in [3.63, 3.8) is 0 Å². The molecule has 1 aliphatic carbocycles. The van der Waals surface area contributed by atoms with Crippen LogP contribution in [-0.4, -0.2) is 10.5 Å². The molecule has 0 saturated carbocycles. The van der Waals surface area contributed by atoms with E-state index in [-0.39, 0.29) is 0 Å². The first-order chi connectivity index (χ1) is 4.27. The van der Waals surface area contributed by atoms with E-state index in [9.17, 15) is 0 Å². The van der Waals surface area contributed by atoms with E-state index in [0.29, 0.717) is 0 Å². The molecule has 2 atom stereocenters. The number of allylic oxidation sites excluding steroid dienone is 2. The van der Waals surface area contributed by atoms with Gasteiger partial charge in [-0.3, -0.25) is 0 Å². The smallest absolute Gasteiger partial charge is 0.0417 e. The average molecular weight is 138 g/mol. The van der Waals surface area contributed by atoms with Crippen molar-refractivity contribution in [3.05, 3.63) is 23.3 Å². The SMILES string of the molecule is CC1=CC2SC2C(C)=C1. The minimum Gasteiger partial charge on any atom is -0.144 e. The van der Waals surface area contributed by atoms with E-state index < -0.39 is 0 Å². The molecule has 2 rings (SSSR count). The first-order valence-electron chi connectivity index (χ1n) is 3.29. The van der Waals surface area contributed by atoms with Crippen LogP contribution in [0.3, 0.4) is 0 Å². The Morgan fingerprint density at radius 2 is 2.22 bits per heavy atom. The quantitative estimate of drug-likeness (QED) is 0.463. The van der Waals surface area contributed by atoms with Gasteiger partial charge < -0.3 is 0 Å². The minimum atomic E-state index is 0.843. The first kappa shape index (κ1) is 5.60. The maximum absolute atomic E-state index is 2.36. The van der Waals surface area contributed by atoms with Crippen LogP contribution in [0.2, 0.25) is 0 Å². The minimum absolute atomic E-state index is 0.843. The maximum atomic E-state index is 2.36. The highest BCUT2D eigenvalue weighted by molar-refractivity contribution is 8.08. The summed E-state index contributed by atoms with van der Waals surface area (Å²) in [5, 5.41) is 1.70. The molecule has 0 bridgehead atoms. The van der Waals surface area contributed by atoms with Crippen LogP contribution < -0.4 is 0 Å². The molecule has 0 amide bonds. The van der Waals surface area contributed by atoms with Crippen LogP contribution in [0.5, 0.6) is 0 Å². The molecule has 0 nitrogen and oxygen atoms in total. The van der Waals surface area contributed by atoms with E-state index in [4.69, 9.17) is 0 Å². The van der Waals surface area contributed by atoms with Gasteiger partial charge in [0, 0.05) is 10.5 Å². The predicted molar refractivity (Wildman–Crippen MR) is 42.7 cm³/mol. The molecule has 1 saturated heterocycles. The van der Waals surface area contributed by atoms with Gasteiger partial charge in [-0.15, -0.1) is 11.8 Å². The highest BCUT2D eigenvalue weighted by atomic mass is 32.2. The second-order valence-electron chi connectivity index (χ2n) is 2.82. The van der Waals surface area contributed by atoms with Crippen molar-refractivity contribution in [1.29, 1.82) is 0 Å². The van der Waals surface area contributed by atoms with E-state index in [1.807, 2.05) is 0 Å². The number of rotatable bonds is 0. The zero-order valence-corrected chi connectivity index (χ0v) is 6.53. The molecule has 1 aliphatic heterocycles. The zero-order chi connectivity index (χ0) is 6.43. The van der Waals surface area contributed by atoms with Gasteiger partial charge in [0.2, 0.25) is 0 Å². The third-order valence-corrected chi connectivity index (χ3v) is 3.22. The van der Waals surface area contributed by atoms with Gasteiger partial charge in [0.1, 0.15) is 0 Å². The fourth-order valence-corrected chi connectivity index (χ4v) is 2.48. The van der Waals surface area contributed by atoms with Crippen molar-refractivity contribution in [1.82, 2.24) is 0 Å². The Balaban J connectivity index is 2.32. The van der Waals surface area contributed by atoms with Gasteiger partial charge in [-0.05, 0) is 13.8 Å². The Morgan fingerprint density at radius 1 is 1.44 bits per heavy atom. The molecule has 2 unspecified atom stereocenters. The average Bonchev–Trinajstić information content (AvgIpc) is 2.43. The van der Waals surface area contributed by atoms with Crippen LogP contribution in [-0.2, 0) is 0 Å². The maximum Gasteiger partial charge on any atom is 0.0417 e. The van der Waals surface area contributed by atoms with Crippen LogP contribution >= 0.6 is 11.8 Å². The molecule has 0 aromatic heterocycles. The third-order valence-electron chi connectivity index (χ3n) is 1.86. The number of thioether (sulfide) groups is 1. The molecule has 0 aromatic carbocycles. The standard InChI is InChI=1S/C8H10S/c1-5-3-6(2)8-7(4-5)9-8/h3-4,7-8H,1-2H3. The van der Waals surface area contributed by atoms with Gasteiger partial charge in [-0.25, -0.2) is 0 Å². The molecule has 0 N–H and O–H groups in total. The topological polar surface area (TPSA) is 0 Å². The Labute approximate surface area is 60.0 Å². The molecular weight excluding hydrogens is 128 g/mol. The lowest BCUT2D eigenvalue weighted by atomic mass is 10.0. The second kappa shape index (κ2) is 1.66. The number of fused-ring (bicyclic) bond motifs is 1. The highest BCUT2D eigenvalue weighted by Gasteiger charge is 2.39. The Bertz CT molecular complexity index is 201. The monoisotopic (exact) mass is 138 g/mol. The van der Waals surface area contributed by atoms with Crippen LogP contribution in [0.1, 0.15) is 13.8 Å². The Hall–Kier alpha value is -0.170. The summed E-state index contributed by atoms with van der Waals surface area (Å²) in [7, 11) is 0. The van der Waals surface area contributed by atoms with Gasteiger partial charge >= 0.3 is 0 Å². The lowest BCUT2D eigenvalue weighted by Gasteiger charge is -2.02. The molecule has 0 spiro atoms. The summed E-state index contributed by atoms with van der Waals surface area (Å²) in [6, 6.07) is 0. The van der Waals surface area contributed by atoms with E-state index in [1.165, 1.54) is 5.57 Å². The van der Waals surface area contributed by atoms with Crippen LogP contribution in [0.25, 0.3) is 0 Å². The first-order valence-corrected chi connectivity index (χ1v) is 4.24. The van der Waals surface area contributed by atoms with E-state index >= 15 is 0 Å². The molecule has 2 aliphatic rings. The fourth-order valence-electron chi connectivity index (χ4n) is 1.37. The molecule has 1 heterocycles. The zero-order valence-electron chi connectivity index (χ0n) is 5.72. The van der Waals surface area contributed by atoms with Gasteiger partial charge in [0.25, 0.3) is 0 Å². The summed E-state index contributed by atoms with van der Waals surface area (Å²) >= 11 is 2.07. The van der Waals surface area contributed by atoms with Crippen LogP contribution in [0.4, 0.5) is 0 Å². The second-order valence-corrected chi connectivity index (χ2v) is 4.14. The normalized spacial score (nSPS) is 38.9. The van der Waals surface area contributed by atoms with Crippen molar-refractivity contribution in [2.24, 2.45) is 0 Å². The highest BCUT2D eigenvalue weighted by Crippen LogP contribution is 2.49. The molecule has 1 heteroatoms. The van der Waals surface area contributed by atoms with Gasteiger partial charge in [-0.1, -0.05) is 23.3 Å². The summed E-state index contributed by atoms with van der Waals surface area (Å²) in [5.41, 5.74) is 3.00. The van der Waals surface area contributed by atoms with Gasteiger partial charge in [-0.2, -0.15) is 0 Å². The molecule has 1 fully saturated rings. The van der Waals surface area contributed by atoms with Crippen molar-refractivity contribution >= 4 is 11.8 Å². The van der Waals surface area contributed by atoms with E-state index in [2.05, 4.69) is 37.8 Å². The Morgan fingerprint density at radius 3 is 2.89 bits per heavy atom. The van der Waals surface area contributed by atoms with Crippen molar-refractivity contribution < 1.29 is 0 Å². The van der Waals surface area contributed by atoms with Gasteiger partial charge in [0.05, 0.1) is 0 Å². The third kappa shape index (κ3) is 0.837. The van der Waals surface area contributed by atoms with Crippen LogP contribution in [0.15, 0.2) is 23.3 Å². The van der Waals surface area contributed by atoms with E-state index in [1.54, 1.807) is 5.57 Å². The van der Waals surface area contributed by atoms with Crippen LogP contribution in [0, 0.1) is 0 Å². The summed E-state index contributed by atoms with van der Waals surface area (Å²) in [6.45, 7) is 4.41. The Kier molecular flexibility index (Phi) is 1.03. The molecule has 48 valence electrons. The fraction of sp³-hybridized carbons (Fsp3) is 0.500. The summed E-state index contributed by atoms with van der Waals surface area (Å²) < 4.78 is 0. The molecule has 9 heavy (non-hydrogen) atoms. The van der Waals surface area contributed by atoms with Crippen molar-refractivity contribution in [2.75, 3.05) is 0 Å². The van der Waals surface area contributed by atoms with Gasteiger partial charge in [0.15, 0.2) is 0 Å². The van der Waals surface area contributed by atoms with E-state index in [0.717, 1.165) is 10.5 Å². The number of hydrogen-bond donors (Lipinski definition) is 0. The predicted octanol–water partition coefficient (Wildman–Crippen LogP) is 2.38. The largest absolute Gasteiger partial charge is 0.144 e. The van der Waals surface area contributed by atoms with Crippen molar-refractivity contribution in [2.45, 2.75) is 24.3 Å². The molecular formula is C8H10S. The molecule has 0 aromatic rings. The summed E-state index contributed by atoms with van der Waals surface area (Å²) in [4.78, 5) is 0. The summed E-state index contributed by atoms with van der Waals surface area (Å²) in [6.07, 6.45) is 4.66. The number of hydrogen-bond acceptors (Lipinski definition) is 1. The lowest BCUT2D eigenvalue weighted by molar-refractivity contribution is 1.08. The van der Waals surface area contributed by atoms with Crippen molar-refractivity contribution in [3.8, 4) is 0 Å².